The number of methoxy groups -OCH3 is 1. The van der Waals surface area contributed by atoms with Gasteiger partial charge in [0.2, 0.25) is 10.0 Å². The van der Waals surface area contributed by atoms with Crippen LogP contribution in [0.15, 0.2) is 23.1 Å². The second kappa shape index (κ2) is 6.14. The lowest BCUT2D eigenvalue weighted by Crippen LogP contribution is -2.25. The fourth-order valence-corrected chi connectivity index (χ4v) is 4.12. The quantitative estimate of drug-likeness (QED) is 0.889. The zero-order valence-corrected chi connectivity index (χ0v) is 14.4. The number of H-pyrrole nitrogens is 1. The highest BCUT2D eigenvalue weighted by atomic mass is 32.2. The van der Waals surface area contributed by atoms with Crippen molar-refractivity contribution in [1.82, 2.24) is 9.71 Å². The van der Waals surface area contributed by atoms with Gasteiger partial charge in [0.15, 0.2) is 0 Å². The van der Waals surface area contributed by atoms with E-state index in [0.717, 1.165) is 17.0 Å². The van der Waals surface area contributed by atoms with Crippen LogP contribution in [0.3, 0.4) is 0 Å². The summed E-state index contributed by atoms with van der Waals surface area (Å²) in [7, 11) is -2.00. The van der Waals surface area contributed by atoms with E-state index in [1.165, 1.54) is 0 Å². The van der Waals surface area contributed by atoms with Crippen LogP contribution in [0.4, 0.5) is 0 Å². The molecule has 1 aromatic heterocycles. The zero-order valence-electron chi connectivity index (χ0n) is 13.6. The number of hydrogen-bond donors (Lipinski definition) is 2. The number of hydrogen-bond acceptors (Lipinski definition) is 3. The van der Waals surface area contributed by atoms with Crippen LogP contribution in [0.25, 0.3) is 0 Å². The molecule has 0 atom stereocenters. The molecule has 120 valence electrons. The summed E-state index contributed by atoms with van der Waals surface area (Å²) in [5.74, 6) is 0.658. The number of nitrogens with one attached hydrogen (secondary N) is 2. The Bertz CT molecular complexity index is 769. The third-order valence-electron chi connectivity index (χ3n) is 3.65. The van der Waals surface area contributed by atoms with Crippen molar-refractivity contribution < 1.29 is 13.2 Å². The molecule has 5 nitrogen and oxygen atoms in total. The van der Waals surface area contributed by atoms with E-state index < -0.39 is 10.0 Å². The van der Waals surface area contributed by atoms with Crippen LogP contribution in [-0.2, 0) is 16.6 Å². The van der Waals surface area contributed by atoms with E-state index in [4.69, 9.17) is 4.74 Å². The summed E-state index contributed by atoms with van der Waals surface area (Å²) in [6.45, 7) is 7.69. The summed E-state index contributed by atoms with van der Waals surface area (Å²) >= 11 is 0. The van der Waals surface area contributed by atoms with E-state index in [9.17, 15) is 8.42 Å². The summed E-state index contributed by atoms with van der Waals surface area (Å²) in [5, 5.41) is 0. The standard InChI is InChI=1S/C16H22N2O3S/c1-10-6-15(21-5)7-11(2)16(10)22(19,20)17-9-14-8-12(3)18-13(14)4/h6-8,17-18H,9H2,1-5H3. The minimum Gasteiger partial charge on any atom is -0.497 e. The summed E-state index contributed by atoms with van der Waals surface area (Å²) in [6.07, 6.45) is 0. The van der Waals surface area contributed by atoms with Crippen LogP contribution < -0.4 is 9.46 Å². The number of ether oxygens (including phenoxy) is 1. The lowest BCUT2D eigenvalue weighted by atomic mass is 10.1. The molecule has 0 aliphatic carbocycles. The minimum absolute atomic E-state index is 0.267. The summed E-state index contributed by atoms with van der Waals surface area (Å²) in [5.41, 5.74) is 4.29. The van der Waals surface area contributed by atoms with Gasteiger partial charge >= 0.3 is 0 Å². The molecule has 0 amide bonds. The Morgan fingerprint density at radius 2 is 1.68 bits per heavy atom. The molecule has 0 saturated heterocycles. The van der Waals surface area contributed by atoms with Gasteiger partial charge in [-0.3, -0.25) is 0 Å². The van der Waals surface area contributed by atoms with Crippen molar-refractivity contribution in [2.75, 3.05) is 7.11 Å². The van der Waals surface area contributed by atoms with Crippen molar-refractivity contribution >= 4 is 10.0 Å². The third-order valence-corrected chi connectivity index (χ3v) is 5.35. The normalized spacial score (nSPS) is 11.7. The van der Waals surface area contributed by atoms with Gasteiger partial charge in [-0.1, -0.05) is 0 Å². The van der Waals surface area contributed by atoms with E-state index in [2.05, 4.69) is 9.71 Å². The summed E-state index contributed by atoms with van der Waals surface area (Å²) < 4.78 is 33.1. The van der Waals surface area contributed by atoms with Crippen molar-refractivity contribution in [1.29, 1.82) is 0 Å². The molecular weight excluding hydrogens is 300 g/mol. The Kier molecular flexibility index (Phi) is 4.63. The van der Waals surface area contributed by atoms with Gasteiger partial charge in [-0.05, 0) is 62.6 Å². The maximum Gasteiger partial charge on any atom is 0.241 e. The third kappa shape index (κ3) is 3.34. The molecule has 0 bridgehead atoms. The van der Waals surface area contributed by atoms with Crippen LogP contribution in [0.5, 0.6) is 5.75 Å². The molecule has 0 aliphatic rings. The van der Waals surface area contributed by atoms with E-state index in [1.54, 1.807) is 33.1 Å². The maximum absolute atomic E-state index is 12.6. The molecule has 0 unspecified atom stereocenters. The maximum atomic E-state index is 12.6. The Morgan fingerprint density at radius 3 is 2.14 bits per heavy atom. The van der Waals surface area contributed by atoms with E-state index in [-0.39, 0.29) is 6.54 Å². The average molecular weight is 322 g/mol. The molecule has 0 radical (unpaired) electrons. The first-order valence-corrected chi connectivity index (χ1v) is 8.53. The highest BCUT2D eigenvalue weighted by Crippen LogP contribution is 2.25. The molecule has 2 rings (SSSR count). The van der Waals surface area contributed by atoms with Gasteiger partial charge in [0.25, 0.3) is 0 Å². The fraction of sp³-hybridized carbons (Fsp3) is 0.375. The second-order valence-electron chi connectivity index (χ2n) is 5.52. The number of aromatic amines is 1. The van der Waals surface area contributed by atoms with Crippen molar-refractivity contribution in [2.24, 2.45) is 0 Å². The van der Waals surface area contributed by atoms with Gasteiger partial charge in [0, 0.05) is 17.9 Å². The zero-order chi connectivity index (χ0) is 16.5. The minimum atomic E-state index is -3.57. The van der Waals surface area contributed by atoms with Gasteiger partial charge < -0.3 is 9.72 Å². The number of benzene rings is 1. The number of aromatic nitrogens is 1. The summed E-state index contributed by atoms with van der Waals surface area (Å²) in [6, 6.07) is 5.41. The van der Waals surface area contributed by atoms with Gasteiger partial charge in [-0.2, -0.15) is 0 Å². The first-order chi connectivity index (χ1) is 10.2. The van der Waals surface area contributed by atoms with Crippen LogP contribution in [0.2, 0.25) is 0 Å². The number of aryl methyl sites for hydroxylation is 4. The van der Waals surface area contributed by atoms with Crippen molar-refractivity contribution in [3.63, 3.8) is 0 Å². The molecule has 6 heteroatoms. The SMILES string of the molecule is COc1cc(C)c(S(=O)(=O)NCc2cc(C)[nH]c2C)c(C)c1. The smallest absolute Gasteiger partial charge is 0.241 e. The Balaban J connectivity index is 2.29. The second-order valence-corrected chi connectivity index (χ2v) is 7.22. The molecule has 0 fully saturated rings. The number of sulfonamides is 1. The highest BCUT2D eigenvalue weighted by molar-refractivity contribution is 7.89. The lowest BCUT2D eigenvalue weighted by molar-refractivity contribution is 0.413. The molecule has 22 heavy (non-hydrogen) atoms. The van der Waals surface area contributed by atoms with Crippen molar-refractivity contribution in [3.8, 4) is 5.75 Å². The fourth-order valence-electron chi connectivity index (χ4n) is 2.66. The van der Waals surface area contributed by atoms with Crippen molar-refractivity contribution in [3.05, 3.63) is 46.3 Å². The molecule has 1 heterocycles. The molecular formula is C16H22N2O3S. The van der Waals surface area contributed by atoms with Crippen LogP contribution in [0.1, 0.15) is 28.1 Å². The highest BCUT2D eigenvalue weighted by Gasteiger charge is 2.20. The molecule has 2 aromatic rings. The molecule has 1 aromatic carbocycles. The molecule has 0 spiro atoms. The van der Waals surface area contributed by atoms with E-state index in [0.29, 0.717) is 21.8 Å². The Hall–Kier alpha value is -1.79. The topological polar surface area (TPSA) is 71.2 Å². The molecule has 0 saturated carbocycles. The molecule has 0 aliphatic heterocycles. The van der Waals surface area contributed by atoms with Crippen LogP contribution >= 0.6 is 0 Å². The monoisotopic (exact) mass is 322 g/mol. The van der Waals surface area contributed by atoms with E-state index in [1.807, 2.05) is 19.9 Å². The first kappa shape index (κ1) is 16.6. The first-order valence-electron chi connectivity index (χ1n) is 7.04. The number of rotatable bonds is 5. The van der Waals surface area contributed by atoms with Gasteiger partial charge in [0.05, 0.1) is 12.0 Å². The summed E-state index contributed by atoms with van der Waals surface area (Å²) in [4.78, 5) is 3.49. The Labute approximate surface area is 131 Å². The predicted octanol–water partition coefficient (Wildman–Crippen LogP) is 2.74. The van der Waals surface area contributed by atoms with Gasteiger partial charge in [-0.15, -0.1) is 0 Å². The van der Waals surface area contributed by atoms with E-state index >= 15 is 0 Å². The van der Waals surface area contributed by atoms with Gasteiger partial charge in [-0.25, -0.2) is 13.1 Å². The average Bonchev–Trinajstić information content (AvgIpc) is 2.73. The van der Waals surface area contributed by atoms with Gasteiger partial charge in [0.1, 0.15) is 5.75 Å². The van der Waals surface area contributed by atoms with Crippen molar-refractivity contribution in [2.45, 2.75) is 39.1 Å². The Morgan fingerprint density at radius 1 is 1.09 bits per heavy atom. The lowest BCUT2D eigenvalue weighted by Gasteiger charge is -2.13. The largest absolute Gasteiger partial charge is 0.497 e. The van der Waals surface area contributed by atoms with Crippen LogP contribution in [0, 0.1) is 27.7 Å². The molecule has 2 N–H and O–H groups in total. The van der Waals surface area contributed by atoms with Crippen LogP contribution in [-0.4, -0.2) is 20.5 Å². The predicted molar refractivity (Wildman–Crippen MR) is 86.8 cm³/mol.